The van der Waals surface area contributed by atoms with E-state index in [1.165, 1.54) is 0 Å². The van der Waals surface area contributed by atoms with Crippen LogP contribution in [0.1, 0.15) is 64.0 Å². The molecule has 1 aromatic rings. The Kier molecular flexibility index (Phi) is 7.29. The summed E-state index contributed by atoms with van der Waals surface area (Å²) in [5.41, 5.74) is 0.858. The number of hydrogen-bond donors (Lipinski definition) is 1. The van der Waals surface area contributed by atoms with E-state index in [1.54, 1.807) is 6.92 Å². The van der Waals surface area contributed by atoms with Crippen LogP contribution in [0.5, 0.6) is 0 Å². The number of carbonyl (C=O) groups excluding carboxylic acids is 3. The van der Waals surface area contributed by atoms with Crippen molar-refractivity contribution in [1.82, 2.24) is 10.2 Å². The fraction of sp³-hybridized carbons (Fsp3) is 0.609. The van der Waals surface area contributed by atoms with Crippen molar-refractivity contribution < 1.29 is 19.1 Å². The average Bonchev–Trinajstić information content (AvgIpc) is 3.11. The molecule has 158 valence electrons. The van der Waals surface area contributed by atoms with Gasteiger partial charge in [0.25, 0.3) is 0 Å². The molecule has 2 aliphatic rings. The van der Waals surface area contributed by atoms with Gasteiger partial charge in [0.2, 0.25) is 11.8 Å². The maximum atomic E-state index is 13.0. The zero-order valence-electron chi connectivity index (χ0n) is 17.4. The molecule has 1 saturated carbocycles. The van der Waals surface area contributed by atoms with Crippen LogP contribution in [0.3, 0.4) is 0 Å². The van der Waals surface area contributed by atoms with Gasteiger partial charge >= 0.3 is 5.97 Å². The van der Waals surface area contributed by atoms with Crippen LogP contribution in [-0.2, 0) is 19.1 Å². The van der Waals surface area contributed by atoms with Crippen molar-refractivity contribution in [3.05, 3.63) is 35.9 Å². The predicted octanol–water partition coefficient (Wildman–Crippen LogP) is 3.22. The van der Waals surface area contributed by atoms with E-state index in [0.717, 1.165) is 37.2 Å². The SMILES string of the molecule is CCOC(=O)CC(NC(=O)C1CC(=O)N(C2CCC(C)CC2)C1)c1ccccc1. The molecule has 0 radical (unpaired) electrons. The van der Waals surface area contributed by atoms with Gasteiger partial charge in [0, 0.05) is 19.0 Å². The van der Waals surface area contributed by atoms with Gasteiger partial charge in [-0.3, -0.25) is 14.4 Å². The Morgan fingerprint density at radius 2 is 1.86 bits per heavy atom. The number of ether oxygens (including phenoxy) is 1. The van der Waals surface area contributed by atoms with Crippen molar-refractivity contribution in [3.8, 4) is 0 Å². The summed E-state index contributed by atoms with van der Waals surface area (Å²) in [6, 6.07) is 9.24. The molecule has 6 heteroatoms. The van der Waals surface area contributed by atoms with E-state index in [4.69, 9.17) is 4.74 Å². The summed E-state index contributed by atoms with van der Waals surface area (Å²) in [5, 5.41) is 3.00. The fourth-order valence-electron chi connectivity index (χ4n) is 4.43. The van der Waals surface area contributed by atoms with Crippen LogP contribution in [0, 0.1) is 11.8 Å². The average molecular weight is 401 g/mol. The van der Waals surface area contributed by atoms with Crippen LogP contribution < -0.4 is 5.32 Å². The van der Waals surface area contributed by atoms with Crippen molar-refractivity contribution in [2.75, 3.05) is 13.2 Å². The van der Waals surface area contributed by atoms with Crippen LogP contribution in [-0.4, -0.2) is 41.9 Å². The minimum atomic E-state index is -0.456. The molecule has 2 amide bonds. The molecule has 1 aliphatic heterocycles. The highest BCUT2D eigenvalue weighted by molar-refractivity contribution is 5.89. The fourth-order valence-corrected chi connectivity index (χ4v) is 4.43. The summed E-state index contributed by atoms with van der Waals surface area (Å²) in [4.78, 5) is 39.5. The Morgan fingerprint density at radius 1 is 1.17 bits per heavy atom. The first-order valence-corrected chi connectivity index (χ1v) is 10.8. The maximum absolute atomic E-state index is 13.0. The van der Waals surface area contributed by atoms with Gasteiger partial charge in [0.05, 0.1) is 25.0 Å². The lowest BCUT2D eigenvalue weighted by Gasteiger charge is -2.33. The molecule has 1 aromatic carbocycles. The summed E-state index contributed by atoms with van der Waals surface area (Å²) in [6.07, 6.45) is 4.66. The molecular weight excluding hydrogens is 368 g/mol. The van der Waals surface area contributed by atoms with Gasteiger partial charge in [-0.05, 0) is 44.1 Å². The number of hydrogen-bond acceptors (Lipinski definition) is 4. The highest BCUT2D eigenvalue weighted by Gasteiger charge is 2.39. The van der Waals surface area contributed by atoms with Crippen LogP contribution >= 0.6 is 0 Å². The highest BCUT2D eigenvalue weighted by atomic mass is 16.5. The Labute approximate surface area is 173 Å². The second-order valence-electron chi connectivity index (χ2n) is 8.34. The smallest absolute Gasteiger partial charge is 0.308 e. The molecule has 1 N–H and O–H groups in total. The molecule has 1 saturated heterocycles. The zero-order chi connectivity index (χ0) is 20.8. The van der Waals surface area contributed by atoms with Gasteiger partial charge in [-0.25, -0.2) is 0 Å². The Balaban J connectivity index is 1.63. The normalized spacial score (nSPS) is 25.5. The van der Waals surface area contributed by atoms with Gasteiger partial charge in [-0.1, -0.05) is 37.3 Å². The molecule has 2 fully saturated rings. The first-order valence-electron chi connectivity index (χ1n) is 10.8. The van der Waals surface area contributed by atoms with Gasteiger partial charge in [-0.2, -0.15) is 0 Å². The van der Waals surface area contributed by atoms with E-state index < -0.39 is 6.04 Å². The number of carbonyl (C=O) groups is 3. The first kappa shape index (κ1) is 21.3. The lowest BCUT2D eigenvalue weighted by atomic mass is 9.86. The lowest BCUT2D eigenvalue weighted by molar-refractivity contribution is -0.144. The molecule has 0 bridgehead atoms. The number of esters is 1. The van der Waals surface area contributed by atoms with Crippen LogP contribution in [0.4, 0.5) is 0 Å². The van der Waals surface area contributed by atoms with E-state index in [1.807, 2.05) is 35.2 Å². The number of nitrogens with one attached hydrogen (secondary N) is 1. The van der Waals surface area contributed by atoms with Crippen LogP contribution in [0.25, 0.3) is 0 Å². The molecule has 6 nitrogen and oxygen atoms in total. The third kappa shape index (κ3) is 5.58. The summed E-state index contributed by atoms with van der Waals surface area (Å²) >= 11 is 0. The number of likely N-dealkylation sites (tertiary alicyclic amines) is 1. The van der Waals surface area contributed by atoms with Crippen molar-refractivity contribution >= 4 is 17.8 Å². The third-order valence-corrected chi connectivity index (χ3v) is 6.15. The summed E-state index contributed by atoms with van der Waals surface area (Å²) in [5.74, 6) is -0.0792. The Morgan fingerprint density at radius 3 is 2.52 bits per heavy atom. The zero-order valence-corrected chi connectivity index (χ0v) is 17.4. The number of rotatable bonds is 7. The molecule has 0 aromatic heterocycles. The Hall–Kier alpha value is -2.37. The van der Waals surface area contributed by atoms with Gasteiger partial charge in [-0.15, -0.1) is 0 Å². The molecule has 1 aliphatic carbocycles. The van der Waals surface area contributed by atoms with Gasteiger partial charge in [0.15, 0.2) is 0 Å². The topological polar surface area (TPSA) is 75.7 Å². The molecule has 2 atom stereocenters. The molecular formula is C23H32N2O4. The monoisotopic (exact) mass is 400 g/mol. The van der Waals surface area contributed by atoms with Crippen molar-refractivity contribution in [2.45, 2.75) is 64.5 Å². The third-order valence-electron chi connectivity index (χ3n) is 6.15. The van der Waals surface area contributed by atoms with E-state index in [2.05, 4.69) is 12.2 Å². The maximum Gasteiger partial charge on any atom is 0.308 e. The van der Waals surface area contributed by atoms with E-state index >= 15 is 0 Å². The van der Waals surface area contributed by atoms with Crippen LogP contribution in [0.2, 0.25) is 0 Å². The van der Waals surface area contributed by atoms with E-state index in [9.17, 15) is 14.4 Å². The minimum Gasteiger partial charge on any atom is -0.466 e. The molecule has 3 rings (SSSR count). The quantitative estimate of drug-likeness (QED) is 0.713. The highest BCUT2D eigenvalue weighted by Crippen LogP contribution is 2.31. The molecule has 2 unspecified atom stereocenters. The van der Waals surface area contributed by atoms with Gasteiger partial charge < -0.3 is 15.0 Å². The number of benzene rings is 1. The standard InChI is InChI=1S/C23H32N2O4/c1-3-29-22(27)14-20(17-7-5-4-6-8-17)24-23(28)18-13-21(26)25(15-18)19-11-9-16(2)10-12-19/h4-8,16,18-20H,3,9-15H2,1-2H3,(H,24,28). The van der Waals surface area contributed by atoms with Crippen molar-refractivity contribution in [2.24, 2.45) is 11.8 Å². The summed E-state index contributed by atoms with van der Waals surface area (Å²) < 4.78 is 5.07. The minimum absolute atomic E-state index is 0.0753. The van der Waals surface area contributed by atoms with E-state index in [-0.39, 0.29) is 42.6 Å². The van der Waals surface area contributed by atoms with Crippen LogP contribution in [0.15, 0.2) is 30.3 Å². The number of nitrogens with zero attached hydrogens (tertiary/aromatic N) is 1. The largest absolute Gasteiger partial charge is 0.466 e. The summed E-state index contributed by atoms with van der Waals surface area (Å²) in [7, 11) is 0. The molecule has 0 spiro atoms. The lowest BCUT2D eigenvalue weighted by Crippen LogP contribution is -2.40. The molecule has 29 heavy (non-hydrogen) atoms. The first-order chi connectivity index (χ1) is 14.0. The second-order valence-corrected chi connectivity index (χ2v) is 8.34. The number of amides is 2. The van der Waals surface area contributed by atoms with Crippen molar-refractivity contribution in [1.29, 1.82) is 0 Å². The predicted molar refractivity (Wildman–Crippen MR) is 110 cm³/mol. The van der Waals surface area contributed by atoms with Crippen molar-refractivity contribution in [3.63, 3.8) is 0 Å². The van der Waals surface area contributed by atoms with Gasteiger partial charge in [0.1, 0.15) is 0 Å². The second kappa shape index (κ2) is 9.90. The summed E-state index contributed by atoms with van der Waals surface area (Å²) in [6.45, 7) is 4.80. The molecule has 1 heterocycles. The Bertz CT molecular complexity index is 713. The van der Waals surface area contributed by atoms with E-state index in [0.29, 0.717) is 13.2 Å².